The van der Waals surface area contributed by atoms with Crippen molar-refractivity contribution in [2.45, 2.75) is 4.90 Å². The average Bonchev–Trinajstić information content (AvgIpc) is 2.63. The summed E-state index contributed by atoms with van der Waals surface area (Å²) in [7, 11) is -3.47. The average molecular weight is 372 g/mol. The zero-order valence-electron chi connectivity index (χ0n) is 13.0. The number of halogens is 1. The molecule has 1 amide bonds. The lowest BCUT2D eigenvalue weighted by Crippen LogP contribution is -2.12. The first-order valence-corrected chi connectivity index (χ1v) is 9.25. The Kier molecular flexibility index (Phi) is 5.16. The van der Waals surface area contributed by atoms with Crippen LogP contribution in [0.2, 0.25) is 5.02 Å². The van der Waals surface area contributed by atoms with E-state index in [2.05, 4.69) is 4.36 Å². The fourth-order valence-electron chi connectivity index (χ4n) is 2.08. The van der Waals surface area contributed by atoms with E-state index in [1.807, 2.05) is 6.07 Å². The van der Waals surface area contributed by atoms with E-state index in [9.17, 15) is 9.00 Å². The molecule has 0 saturated heterocycles. The van der Waals surface area contributed by atoms with Crippen molar-refractivity contribution in [2.24, 2.45) is 4.36 Å². The smallest absolute Gasteiger partial charge is 0.287 e. The maximum atomic E-state index is 13.4. The van der Waals surface area contributed by atoms with Gasteiger partial charge in [-0.3, -0.25) is 4.79 Å². The number of rotatable bonds is 4. The fraction of sp³-hybridized carbons (Fsp3) is 0. The highest BCUT2D eigenvalue weighted by Gasteiger charge is 2.18. The van der Waals surface area contributed by atoms with Crippen LogP contribution in [-0.4, -0.2) is 10.1 Å². The first kappa shape index (κ1) is 17.2. The minimum atomic E-state index is -3.47. The number of nitrogens with zero attached hydrogens (tertiary/aromatic N) is 1. The molecule has 0 aromatic heterocycles. The summed E-state index contributed by atoms with van der Waals surface area (Å²) in [5.41, 5.74) is 0.334. The quantitative estimate of drug-likeness (QED) is 0.648. The van der Waals surface area contributed by atoms with Crippen LogP contribution >= 0.6 is 11.6 Å². The molecule has 3 rings (SSSR count). The Bertz CT molecular complexity index is 980. The van der Waals surface area contributed by atoms with Gasteiger partial charge in [0.05, 0.1) is 4.90 Å². The van der Waals surface area contributed by atoms with Crippen LogP contribution in [0.1, 0.15) is 10.4 Å². The lowest BCUT2D eigenvalue weighted by Gasteiger charge is -2.12. The lowest BCUT2D eigenvalue weighted by molar-refractivity contribution is 0.100. The maximum absolute atomic E-state index is 13.4. The van der Waals surface area contributed by atoms with E-state index in [0.717, 1.165) is 0 Å². The molecule has 0 aliphatic carbocycles. The Morgan fingerprint density at radius 2 is 1.40 bits per heavy atom. The molecule has 0 aliphatic heterocycles. The molecule has 0 radical (unpaired) electrons. The predicted octanol–water partition coefficient (Wildman–Crippen LogP) is 5.00. The summed E-state index contributed by atoms with van der Waals surface area (Å²) in [6.07, 6.45) is 0. The molecule has 0 bridgehead atoms. The first-order chi connectivity index (χ1) is 12.1. The van der Waals surface area contributed by atoms with Crippen LogP contribution < -0.4 is 4.18 Å². The molecule has 3 aromatic rings. The van der Waals surface area contributed by atoms with Gasteiger partial charge in [0, 0.05) is 10.6 Å². The maximum Gasteiger partial charge on any atom is 0.287 e. The van der Waals surface area contributed by atoms with E-state index in [1.165, 1.54) is 12.1 Å². The SMILES string of the molecule is O=C(N=S(=O)(Oc1ccccc1)c1ccc(Cl)cc1)c1ccccc1. The second-order valence-corrected chi connectivity index (χ2v) is 7.30. The van der Waals surface area contributed by atoms with Crippen molar-refractivity contribution in [1.82, 2.24) is 0 Å². The topological polar surface area (TPSA) is 55.7 Å². The zero-order chi connectivity index (χ0) is 17.7. The molecule has 1 atom stereocenters. The van der Waals surface area contributed by atoms with Crippen molar-refractivity contribution < 1.29 is 13.2 Å². The summed E-state index contributed by atoms with van der Waals surface area (Å²) in [5, 5.41) is 0.486. The normalized spacial score (nSPS) is 12.8. The standard InChI is InChI=1S/C19H14ClNO3S/c20-16-11-13-18(14-12-16)25(23,24-17-9-5-2-6-10-17)21-19(22)15-7-3-1-4-8-15/h1-14H. The van der Waals surface area contributed by atoms with Gasteiger partial charge in [-0.2, -0.15) is 0 Å². The number of amides is 1. The van der Waals surface area contributed by atoms with E-state index in [0.29, 0.717) is 16.3 Å². The highest BCUT2D eigenvalue weighted by atomic mass is 35.5. The number of hydrogen-bond acceptors (Lipinski definition) is 3. The highest BCUT2D eigenvalue weighted by Crippen LogP contribution is 2.23. The van der Waals surface area contributed by atoms with E-state index in [4.69, 9.17) is 15.8 Å². The summed E-state index contributed by atoms with van der Waals surface area (Å²) < 4.78 is 22.9. The summed E-state index contributed by atoms with van der Waals surface area (Å²) in [6, 6.07) is 23.3. The molecular formula is C19H14ClNO3S. The van der Waals surface area contributed by atoms with Crippen LogP contribution in [0, 0.1) is 0 Å². The van der Waals surface area contributed by atoms with Gasteiger partial charge >= 0.3 is 0 Å². The van der Waals surface area contributed by atoms with Gasteiger partial charge in [0.25, 0.3) is 5.91 Å². The Morgan fingerprint density at radius 1 is 0.840 bits per heavy atom. The van der Waals surface area contributed by atoms with Gasteiger partial charge in [-0.25, -0.2) is 4.21 Å². The fourth-order valence-corrected chi connectivity index (χ4v) is 3.62. The molecule has 3 aromatic carbocycles. The monoisotopic (exact) mass is 371 g/mol. The molecule has 1 unspecified atom stereocenters. The number of para-hydroxylation sites is 1. The van der Waals surface area contributed by atoms with E-state index in [-0.39, 0.29) is 4.90 Å². The number of hydrogen-bond donors (Lipinski definition) is 0. The third-order valence-corrected chi connectivity index (χ3v) is 5.23. The van der Waals surface area contributed by atoms with E-state index < -0.39 is 15.9 Å². The van der Waals surface area contributed by atoms with Gasteiger partial charge in [0.15, 0.2) is 0 Å². The summed E-state index contributed by atoms with van der Waals surface area (Å²) in [5.74, 6) is -0.261. The van der Waals surface area contributed by atoms with Crippen molar-refractivity contribution in [2.75, 3.05) is 0 Å². The van der Waals surface area contributed by atoms with E-state index >= 15 is 0 Å². The van der Waals surface area contributed by atoms with Gasteiger partial charge < -0.3 is 4.18 Å². The van der Waals surface area contributed by atoms with Crippen molar-refractivity contribution in [3.8, 4) is 5.75 Å². The van der Waals surface area contributed by atoms with Crippen molar-refractivity contribution in [1.29, 1.82) is 0 Å². The van der Waals surface area contributed by atoms with Crippen LogP contribution in [0.3, 0.4) is 0 Å². The molecule has 0 saturated carbocycles. The van der Waals surface area contributed by atoms with Crippen molar-refractivity contribution >= 4 is 27.5 Å². The summed E-state index contributed by atoms with van der Waals surface area (Å²) in [4.78, 5) is 12.7. The van der Waals surface area contributed by atoms with Crippen LogP contribution in [-0.2, 0) is 10.0 Å². The second-order valence-electron chi connectivity index (χ2n) is 5.09. The molecule has 0 fully saturated rings. The molecule has 4 nitrogen and oxygen atoms in total. The van der Waals surface area contributed by atoms with Crippen LogP contribution in [0.5, 0.6) is 5.75 Å². The molecule has 25 heavy (non-hydrogen) atoms. The Labute approximate surface area is 151 Å². The number of carbonyl (C=O) groups excluding carboxylic acids is 1. The van der Waals surface area contributed by atoms with E-state index in [1.54, 1.807) is 66.7 Å². The summed E-state index contributed by atoms with van der Waals surface area (Å²) >= 11 is 5.89. The molecule has 0 N–H and O–H groups in total. The van der Waals surface area contributed by atoms with Crippen molar-refractivity contribution in [3.05, 3.63) is 95.5 Å². The largest absolute Gasteiger partial charge is 0.392 e. The Balaban J connectivity index is 2.08. The molecule has 0 aliphatic rings. The predicted molar refractivity (Wildman–Crippen MR) is 98.1 cm³/mol. The lowest BCUT2D eigenvalue weighted by atomic mass is 10.2. The minimum Gasteiger partial charge on any atom is -0.392 e. The van der Waals surface area contributed by atoms with Crippen LogP contribution in [0.15, 0.2) is 94.2 Å². The summed E-state index contributed by atoms with van der Waals surface area (Å²) in [6.45, 7) is 0. The highest BCUT2D eigenvalue weighted by molar-refractivity contribution is 7.89. The molecule has 126 valence electrons. The molecule has 0 spiro atoms. The third-order valence-electron chi connectivity index (χ3n) is 3.29. The molecule has 6 heteroatoms. The van der Waals surface area contributed by atoms with Gasteiger partial charge in [0.1, 0.15) is 5.75 Å². The van der Waals surface area contributed by atoms with Gasteiger partial charge in [0.2, 0.25) is 10.0 Å². The molecular weight excluding hydrogens is 358 g/mol. The molecule has 0 heterocycles. The van der Waals surface area contributed by atoms with Gasteiger partial charge in [-0.1, -0.05) is 48.0 Å². The first-order valence-electron chi connectivity index (χ1n) is 7.43. The van der Waals surface area contributed by atoms with Gasteiger partial charge in [-0.05, 0) is 48.5 Å². The number of benzene rings is 3. The van der Waals surface area contributed by atoms with Crippen LogP contribution in [0.4, 0.5) is 0 Å². The minimum absolute atomic E-state index is 0.269. The van der Waals surface area contributed by atoms with Crippen LogP contribution in [0.25, 0.3) is 0 Å². The third kappa shape index (κ3) is 4.26. The Morgan fingerprint density at radius 3 is 2.00 bits per heavy atom. The Hall–Kier alpha value is -2.63. The zero-order valence-corrected chi connectivity index (χ0v) is 14.6. The van der Waals surface area contributed by atoms with Crippen molar-refractivity contribution in [3.63, 3.8) is 0 Å². The number of carbonyl (C=O) groups is 1. The van der Waals surface area contributed by atoms with Gasteiger partial charge in [-0.15, -0.1) is 4.36 Å². The second kappa shape index (κ2) is 7.51.